The van der Waals surface area contributed by atoms with Gasteiger partial charge in [0.1, 0.15) is 6.04 Å². The van der Waals surface area contributed by atoms with Gasteiger partial charge in [0.2, 0.25) is 5.91 Å². The molecule has 0 aliphatic carbocycles. The van der Waals surface area contributed by atoms with Gasteiger partial charge in [-0.15, -0.1) is 0 Å². The van der Waals surface area contributed by atoms with Crippen molar-refractivity contribution in [1.82, 2.24) is 5.32 Å². The van der Waals surface area contributed by atoms with E-state index < -0.39 is 24.0 Å². The first-order valence-electron chi connectivity index (χ1n) is 3.24. The summed E-state index contributed by atoms with van der Waals surface area (Å²) < 4.78 is 0. The summed E-state index contributed by atoms with van der Waals surface area (Å²) in [7, 11) is 0. The molecule has 4 N–H and O–H groups in total. The Morgan fingerprint density at radius 1 is 1.50 bits per heavy atom. The Morgan fingerprint density at radius 3 is 2.17 bits per heavy atom. The van der Waals surface area contributed by atoms with Gasteiger partial charge in [0.15, 0.2) is 0 Å². The van der Waals surface area contributed by atoms with Gasteiger partial charge >= 0.3 is 57.4 Å². The quantitative estimate of drug-likeness (QED) is 0.405. The zero-order valence-corrected chi connectivity index (χ0v) is 10.6. The molecule has 0 spiro atoms. The molecule has 0 radical (unpaired) electrons. The number of hydrogen-bond acceptors (Lipinski definition) is 3. The van der Waals surface area contributed by atoms with E-state index in [1.165, 1.54) is 13.8 Å². The number of nitrogens with one attached hydrogen (secondary N) is 1. The molecule has 0 unspecified atom stereocenters. The topological polar surface area (TPSA) is 92.4 Å². The van der Waals surface area contributed by atoms with Gasteiger partial charge in [-0.2, -0.15) is 0 Å². The number of aliphatic carboxylic acids is 1. The Kier molecular flexibility index (Phi) is 8.75. The average Bonchev–Trinajstić information content (AvgIpc) is 1.87. The average molecular weight is 200 g/mol. The standard InChI is InChI=1S/C6H12N2O3.K.H/c1-3(7)5(9)8-4(2)6(10)11;;/h3-4H,7H2,1-2H3,(H,8,9)(H,10,11);;/q;+1;-1/t3-,4-;;/m0../s1. The van der Waals surface area contributed by atoms with Crippen molar-refractivity contribution in [2.45, 2.75) is 25.9 Å². The van der Waals surface area contributed by atoms with Crippen LogP contribution < -0.4 is 62.4 Å². The van der Waals surface area contributed by atoms with Crippen LogP contribution in [0.25, 0.3) is 0 Å². The summed E-state index contributed by atoms with van der Waals surface area (Å²) in [6, 6.07) is -1.55. The van der Waals surface area contributed by atoms with Crippen LogP contribution in [0.5, 0.6) is 0 Å². The van der Waals surface area contributed by atoms with Crippen molar-refractivity contribution in [1.29, 1.82) is 0 Å². The maximum absolute atomic E-state index is 10.8. The van der Waals surface area contributed by atoms with E-state index in [-0.39, 0.29) is 52.8 Å². The fraction of sp³-hybridized carbons (Fsp3) is 0.667. The first kappa shape index (κ1) is 15.0. The number of carbonyl (C=O) groups is 2. The molecule has 12 heavy (non-hydrogen) atoms. The molecule has 0 fully saturated rings. The Morgan fingerprint density at radius 2 is 1.92 bits per heavy atom. The van der Waals surface area contributed by atoms with Crippen LogP contribution in [0.3, 0.4) is 0 Å². The third-order valence-electron chi connectivity index (χ3n) is 1.14. The second-order valence-electron chi connectivity index (χ2n) is 2.36. The molecule has 0 bridgehead atoms. The van der Waals surface area contributed by atoms with E-state index in [0.29, 0.717) is 0 Å². The number of carbonyl (C=O) groups excluding carboxylic acids is 1. The summed E-state index contributed by atoms with van der Waals surface area (Å²) in [5.41, 5.74) is 5.18. The zero-order chi connectivity index (χ0) is 9.02. The molecular weight excluding hydrogens is 187 g/mol. The Labute approximate surface area is 115 Å². The summed E-state index contributed by atoms with van der Waals surface area (Å²) >= 11 is 0. The fourth-order valence-electron chi connectivity index (χ4n) is 0.407. The number of amides is 1. The van der Waals surface area contributed by atoms with Crippen molar-refractivity contribution in [3.05, 3.63) is 0 Å². The number of carboxylic acid groups (broad SMARTS) is 1. The number of nitrogens with two attached hydrogens (primary N) is 1. The van der Waals surface area contributed by atoms with Gasteiger partial charge in [0.25, 0.3) is 0 Å². The smallest absolute Gasteiger partial charge is 1.00 e. The molecule has 6 heteroatoms. The second kappa shape index (κ2) is 6.99. The van der Waals surface area contributed by atoms with Crippen molar-refractivity contribution in [2.75, 3.05) is 0 Å². The molecule has 0 aromatic heterocycles. The summed E-state index contributed by atoms with van der Waals surface area (Å²) in [4.78, 5) is 21.0. The molecule has 1 amide bonds. The maximum Gasteiger partial charge on any atom is 1.00 e. The maximum atomic E-state index is 10.8. The van der Waals surface area contributed by atoms with Gasteiger partial charge in [-0.25, -0.2) is 0 Å². The molecule has 0 heterocycles. The summed E-state index contributed by atoms with van der Waals surface area (Å²) in [6.45, 7) is 2.87. The SMILES string of the molecule is C[C@H](N)C(=O)N[C@@H](C)C(=O)O.[H-].[K+]. The van der Waals surface area contributed by atoms with Crippen molar-refractivity contribution < 1.29 is 67.5 Å². The van der Waals surface area contributed by atoms with Crippen LogP contribution in [0.2, 0.25) is 0 Å². The number of carboxylic acids is 1. The monoisotopic (exact) mass is 200 g/mol. The second-order valence-corrected chi connectivity index (χ2v) is 2.36. The summed E-state index contributed by atoms with van der Waals surface area (Å²) in [6.07, 6.45) is 0. The fourth-order valence-corrected chi connectivity index (χ4v) is 0.407. The minimum Gasteiger partial charge on any atom is -1.00 e. The molecule has 0 aliphatic heterocycles. The third kappa shape index (κ3) is 6.10. The molecule has 66 valence electrons. The van der Waals surface area contributed by atoms with Gasteiger partial charge in [0.05, 0.1) is 6.04 Å². The van der Waals surface area contributed by atoms with Crippen molar-refractivity contribution in [3.63, 3.8) is 0 Å². The Bertz CT molecular complexity index is 177. The van der Waals surface area contributed by atoms with E-state index in [9.17, 15) is 9.59 Å². The van der Waals surface area contributed by atoms with Gasteiger partial charge in [-0.1, -0.05) is 0 Å². The van der Waals surface area contributed by atoms with E-state index >= 15 is 0 Å². The molecule has 0 aromatic rings. The molecule has 0 saturated carbocycles. The molecule has 5 nitrogen and oxygen atoms in total. The summed E-state index contributed by atoms with van der Waals surface area (Å²) in [5, 5.41) is 10.6. The van der Waals surface area contributed by atoms with Crippen LogP contribution in [-0.2, 0) is 9.59 Å². The first-order valence-corrected chi connectivity index (χ1v) is 3.24. The molecule has 0 rings (SSSR count). The van der Waals surface area contributed by atoms with Crippen LogP contribution in [0, 0.1) is 0 Å². The predicted octanol–water partition coefficient (Wildman–Crippen LogP) is -3.96. The Hall–Kier alpha value is 0.536. The molecule has 0 aromatic carbocycles. The minimum atomic E-state index is -1.07. The molecule has 0 aliphatic rings. The van der Waals surface area contributed by atoms with Crippen LogP contribution in [-0.4, -0.2) is 29.1 Å². The van der Waals surface area contributed by atoms with E-state index in [4.69, 9.17) is 10.8 Å². The third-order valence-corrected chi connectivity index (χ3v) is 1.14. The number of hydrogen-bond donors (Lipinski definition) is 3. The largest absolute Gasteiger partial charge is 1.00 e. The van der Waals surface area contributed by atoms with Crippen LogP contribution in [0.1, 0.15) is 15.3 Å². The molecule has 2 atom stereocenters. The van der Waals surface area contributed by atoms with E-state index in [2.05, 4.69) is 5.32 Å². The van der Waals surface area contributed by atoms with Gasteiger partial charge in [-0.3, -0.25) is 9.59 Å². The minimum absolute atomic E-state index is 0. The van der Waals surface area contributed by atoms with E-state index in [0.717, 1.165) is 0 Å². The van der Waals surface area contributed by atoms with Crippen molar-refractivity contribution in [3.8, 4) is 0 Å². The van der Waals surface area contributed by atoms with Crippen LogP contribution >= 0.6 is 0 Å². The molecular formula is C6H13KN2O3. The van der Waals surface area contributed by atoms with E-state index in [1.54, 1.807) is 0 Å². The van der Waals surface area contributed by atoms with Gasteiger partial charge in [0, 0.05) is 0 Å². The van der Waals surface area contributed by atoms with Crippen LogP contribution in [0.4, 0.5) is 0 Å². The van der Waals surface area contributed by atoms with E-state index in [1.807, 2.05) is 0 Å². The van der Waals surface area contributed by atoms with Gasteiger partial charge < -0.3 is 17.6 Å². The Balaban J connectivity index is -0.000000500. The normalized spacial score (nSPS) is 13.9. The van der Waals surface area contributed by atoms with Crippen LogP contribution in [0.15, 0.2) is 0 Å². The predicted molar refractivity (Wildman–Crippen MR) is 40.0 cm³/mol. The summed E-state index contributed by atoms with van der Waals surface area (Å²) in [5.74, 6) is -1.53. The number of rotatable bonds is 3. The zero-order valence-electron chi connectivity index (χ0n) is 8.50. The van der Waals surface area contributed by atoms with Gasteiger partial charge in [-0.05, 0) is 13.8 Å². The first-order chi connectivity index (χ1) is 4.95. The van der Waals surface area contributed by atoms with Crippen molar-refractivity contribution in [2.24, 2.45) is 5.73 Å². The molecule has 0 saturated heterocycles. The van der Waals surface area contributed by atoms with Crippen molar-refractivity contribution >= 4 is 11.9 Å².